The summed E-state index contributed by atoms with van der Waals surface area (Å²) in [5.41, 5.74) is 1.13. The second-order valence-electron chi connectivity index (χ2n) is 6.14. The van der Waals surface area contributed by atoms with E-state index in [-0.39, 0.29) is 0 Å². The first-order valence-corrected chi connectivity index (χ1v) is 7.96. The van der Waals surface area contributed by atoms with Gasteiger partial charge >= 0.3 is 0 Å². The summed E-state index contributed by atoms with van der Waals surface area (Å²) >= 11 is 0. The summed E-state index contributed by atoms with van der Waals surface area (Å²) < 4.78 is 0. The van der Waals surface area contributed by atoms with E-state index in [1.165, 1.54) is 32.1 Å². The quantitative estimate of drug-likeness (QED) is 0.903. The number of rotatable bonds is 4. The van der Waals surface area contributed by atoms with Gasteiger partial charge in [0.25, 0.3) is 0 Å². The molecular weight excluding hydrogens is 246 g/mol. The van der Waals surface area contributed by atoms with Gasteiger partial charge in [0.05, 0.1) is 6.54 Å². The Morgan fingerprint density at radius 3 is 2.70 bits per heavy atom. The number of nitrogens with one attached hydrogen (secondary N) is 1. The molecule has 108 valence electrons. The van der Waals surface area contributed by atoms with Crippen molar-refractivity contribution in [3.8, 4) is 0 Å². The number of para-hydroxylation sites is 1. The first-order valence-electron chi connectivity index (χ1n) is 7.96. The van der Waals surface area contributed by atoms with Crippen LogP contribution in [0.4, 0.5) is 5.69 Å². The van der Waals surface area contributed by atoms with Crippen molar-refractivity contribution in [2.45, 2.75) is 45.1 Å². The Kier molecular flexibility index (Phi) is 4.24. The fourth-order valence-corrected chi connectivity index (χ4v) is 3.33. The molecule has 1 aliphatic heterocycles. The van der Waals surface area contributed by atoms with Crippen LogP contribution in [0.15, 0.2) is 35.3 Å². The summed E-state index contributed by atoms with van der Waals surface area (Å²) in [7, 11) is 0. The third-order valence-corrected chi connectivity index (χ3v) is 4.59. The predicted molar refractivity (Wildman–Crippen MR) is 85.1 cm³/mol. The van der Waals surface area contributed by atoms with Gasteiger partial charge in [0.2, 0.25) is 0 Å². The third kappa shape index (κ3) is 3.14. The number of benzene rings is 1. The van der Waals surface area contributed by atoms with Crippen molar-refractivity contribution >= 4 is 11.6 Å². The third-order valence-electron chi connectivity index (χ3n) is 4.59. The van der Waals surface area contributed by atoms with Crippen LogP contribution in [0.2, 0.25) is 0 Å². The SMILES string of the molecule is C[C@H]1CN=C(Nc2ccccc2)N1CCC1CCCC1. The van der Waals surface area contributed by atoms with Gasteiger partial charge in [0.15, 0.2) is 5.96 Å². The van der Waals surface area contributed by atoms with Gasteiger partial charge in [0.1, 0.15) is 0 Å². The minimum Gasteiger partial charge on any atom is -0.338 e. The minimum absolute atomic E-state index is 0.530. The number of guanidine groups is 1. The second-order valence-corrected chi connectivity index (χ2v) is 6.14. The Labute approximate surface area is 122 Å². The first-order chi connectivity index (χ1) is 9.83. The smallest absolute Gasteiger partial charge is 0.198 e. The van der Waals surface area contributed by atoms with Gasteiger partial charge in [-0.25, -0.2) is 0 Å². The fraction of sp³-hybridized carbons (Fsp3) is 0.588. The molecule has 1 saturated carbocycles. The molecule has 1 aromatic rings. The normalized spacial score (nSPS) is 23.1. The molecule has 1 fully saturated rings. The lowest BCUT2D eigenvalue weighted by Gasteiger charge is -2.27. The van der Waals surface area contributed by atoms with Crippen LogP contribution in [0.3, 0.4) is 0 Å². The molecular formula is C17H25N3. The van der Waals surface area contributed by atoms with Crippen LogP contribution >= 0.6 is 0 Å². The Bertz CT molecular complexity index is 449. The number of hydrogen-bond acceptors (Lipinski definition) is 3. The van der Waals surface area contributed by atoms with Gasteiger partial charge in [-0.15, -0.1) is 0 Å². The molecule has 20 heavy (non-hydrogen) atoms. The maximum Gasteiger partial charge on any atom is 0.198 e. The van der Waals surface area contributed by atoms with E-state index in [4.69, 9.17) is 0 Å². The van der Waals surface area contributed by atoms with Gasteiger partial charge in [0, 0.05) is 18.3 Å². The molecule has 0 radical (unpaired) electrons. The van der Waals surface area contributed by atoms with Gasteiger partial charge in [-0.1, -0.05) is 43.9 Å². The zero-order chi connectivity index (χ0) is 13.8. The van der Waals surface area contributed by atoms with E-state index in [0.29, 0.717) is 6.04 Å². The molecule has 0 aromatic heterocycles. The lowest BCUT2D eigenvalue weighted by atomic mass is 10.0. The van der Waals surface area contributed by atoms with Crippen LogP contribution in [-0.4, -0.2) is 30.0 Å². The van der Waals surface area contributed by atoms with E-state index in [9.17, 15) is 0 Å². The summed E-state index contributed by atoms with van der Waals surface area (Å²) in [5, 5.41) is 3.47. The van der Waals surface area contributed by atoms with E-state index in [1.807, 2.05) is 6.07 Å². The largest absolute Gasteiger partial charge is 0.338 e. The highest BCUT2D eigenvalue weighted by atomic mass is 15.4. The van der Waals surface area contributed by atoms with Gasteiger partial charge in [-0.2, -0.15) is 0 Å². The molecule has 1 N–H and O–H groups in total. The van der Waals surface area contributed by atoms with Crippen molar-refractivity contribution in [3.63, 3.8) is 0 Å². The van der Waals surface area contributed by atoms with Crippen LogP contribution < -0.4 is 5.32 Å². The second kappa shape index (κ2) is 6.29. The molecule has 1 heterocycles. The van der Waals surface area contributed by atoms with Gasteiger partial charge in [-0.3, -0.25) is 4.99 Å². The molecule has 2 aliphatic rings. The first kappa shape index (κ1) is 13.5. The number of anilines is 1. The summed E-state index contributed by atoms with van der Waals surface area (Å²) in [4.78, 5) is 7.12. The average molecular weight is 271 g/mol. The minimum atomic E-state index is 0.530. The number of hydrogen-bond donors (Lipinski definition) is 1. The van der Waals surface area contributed by atoms with Crippen molar-refractivity contribution in [2.24, 2.45) is 10.9 Å². The molecule has 0 saturated heterocycles. The molecule has 3 nitrogen and oxygen atoms in total. The fourth-order valence-electron chi connectivity index (χ4n) is 3.33. The van der Waals surface area contributed by atoms with E-state index in [0.717, 1.165) is 30.7 Å². The standard InChI is InChI=1S/C17H25N3/c1-14-13-18-17(19-16-9-3-2-4-10-16)20(14)12-11-15-7-5-6-8-15/h2-4,9-10,14-15H,5-8,11-13H2,1H3,(H,18,19)/t14-/m0/s1. The molecule has 1 atom stereocenters. The predicted octanol–water partition coefficient (Wildman–Crippen LogP) is 3.74. The van der Waals surface area contributed by atoms with Crippen molar-refractivity contribution in [1.82, 2.24) is 4.90 Å². The monoisotopic (exact) mass is 271 g/mol. The maximum atomic E-state index is 4.67. The topological polar surface area (TPSA) is 27.6 Å². The lowest BCUT2D eigenvalue weighted by Crippen LogP contribution is -2.39. The molecule has 0 spiro atoms. The molecule has 3 heteroatoms. The van der Waals surface area contributed by atoms with E-state index in [2.05, 4.69) is 46.4 Å². The number of aliphatic imine (C=N–C) groups is 1. The summed E-state index contributed by atoms with van der Waals surface area (Å²) in [5.74, 6) is 2.00. The molecule has 0 bridgehead atoms. The van der Waals surface area contributed by atoms with E-state index >= 15 is 0 Å². The molecule has 3 rings (SSSR count). The zero-order valence-corrected chi connectivity index (χ0v) is 12.4. The van der Waals surface area contributed by atoms with Crippen molar-refractivity contribution in [3.05, 3.63) is 30.3 Å². The average Bonchev–Trinajstić information content (AvgIpc) is 3.09. The molecule has 1 aromatic carbocycles. The Morgan fingerprint density at radius 2 is 1.95 bits per heavy atom. The highest BCUT2D eigenvalue weighted by Crippen LogP contribution is 2.28. The Morgan fingerprint density at radius 1 is 1.20 bits per heavy atom. The van der Waals surface area contributed by atoms with Crippen molar-refractivity contribution in [1.29, 1.82) is 0 Å². The maximum absolute atomic E-state index is 4.67. The summed E-state index contributed by atoms with van der Waals surface area (Å²) in [6, 6.07) is 10.9. The van der Waals surface area contributed by atoms with Crippen molar-refractivity contribution in [2.75, 3.05) is 18.4 Å². The highest BCUT2D eigenvalue weighted by Gasteiger charge is 2.25. The Hall–Kier alpha value is -1.51. The molecule has 0 amide bonds. The van der Waals surface area contributed by atoms with Crippen LogP contribution in [0.25, 0.3) is 0 Å². The van der Waals surface area contributed by atoms with Gasteiger partial charge in [-0.05, 0) is 31.4 Å². The van der Waals surface area contributed by atoms with E-state index < -0.39 is 0 Å². The van der Waals surface area contributed by atoms with Crippen LogP contribution in [0, 0.1) is 5.92 Å². The lowest BCUT2D eigenvalue weighted by molar-refractivity contribution is 0.325. The van der Waals surface area contributed by atoms with Gasteiger partial charge < -0.3 is 10.2 Å². The summed E-state index contributed by atoms with van der Waals surface area (Å²) in [6.45, 7) is 4.34. The number of nitrogens with zero attached hydrogens (tertiary/aromatic N) is 2. The van der Waals surface area contributed by atoms with Crippen LogP contribution in [0.1, 0.15) is 39.0 Å². The Balaban J connectivity index is 1.58. The summed E-state index contributed by atoms with van der Waals surface area (Å²) in [6.07, 6.45) is 7.05. The highest BCUT2D eigenvalue weighted by molar-refractivity contribution is 5.94. The molecule has 0 unspecified atom stereocenters. The van der Waals surface area contributed by atoms with Crippen LogP contribution in [0.5, 0.6) is 0 Å². The van der Waals surface area contributed by atoms with Crippen molar-refractivity contribution < 1.29 is 0 Å². The van der Waals surface area contributed by atoms with Crippen LogP contribution in [-0.2, 0) is 0 Å². The zero-order valence-electron chi connectivity index (χ0n) is 12.4. The molecule has 1 aliphatic carbocycles. The van der Waals surface area contributed by atoms with E-state index in [1.54, 1.807) is 0 Å².